The zero-order valence-electron chi connectivity index (χ0n) is 24.7. The second-order valence-electron chi connectivity index (χ2n) is 11.7. The summed E-state index contributed by atoms with van der Waals surface area (Å²) < 4.78 is 17.7. The first kappa shape index (κ1) is 27.8. The van der Waals surface area contributed by atoms with Gasteiger partial charge in [0.1, 0.15) is 12.0 Å². The van der Waals surface area contributed by atoms with E-state index in [1.807, 2.05) is 58.1 Å². The van der Waals surface area contributed by atoms with E-state index in [9.17, 15) is 14.7 Å². The molecule has 0 saturated heterocycles. The molecular weight excluding hydrogens is 536 g/mol. The van der Waals surface area contributed by atoms with Crippen LogP contribution < -0.4 is 19.1 Å². The van der Waals surface area contributed by atoms with E-state index in [0.717, 1.165) is 23.1 Å². The Morgan fingerprint density at radius 2 is 1.60 bits per heavy atom. The third kappa shape index (κ3) is 4.59. The van der Waals surface area contributed by atoms with Crippen LogP contribution >= 0.6 is 0 Å². The first-order valence-electron chi connectivity index (χ1n) is 14.2. The Kier molecular flexibility index (Phi) is 6.97. The van der Waals surface area contributed by atoms with Crippen molar-refractivity contribution >= 4 is 29.4 Å². The Balaban J connectivity index is 1.27. The zero-order chi connectivity index (χ0) is 29.9. The number of hydrogen-bond acceptors (Lipinski definition) is 8. The van der Waals surface area contributed by atoms with Crippen molar-refractivity contribution in [2.75, 3.05) is 18.8 Å². The number of amides is 2. The Hall–Kier alpha value is -4.31. The normalized spacial score (nSPS) is 22.7. The fourth-order valence-corrected chi connectivity index (χ4v) is 6.25. The molecule has 2 aromatic rings. The molecule has 4 aliphatic rings. The van der Waals surface area contributed by atoms with Crippen molar-refractivity contribution in [3.05, 3.63) is 64.5 Å². The van der Waals surface area contributed by atoms with Crippen LogP contribution in [0.25, 0.3) is 0 Å². The Labute approximate surface area is 245 Å². The summed E-state index contributed by atoms with van der Waals surface area (Å²) in [6, 6.07) is 6.40. The van der Waals surface area contributed by atoms with Gasteiger partial charge < -0.3 is 34.0 Å². The van der Waals surface area contributed by atoms with E-state index in [2.05, 4.69) is 4.99 Å². The molecule has 10 heteroatoms. The number of benzene rings is 2. The van der Waals surface area contributed by atoms with Gasteiger partial charge in [-0.1, -0.05) is 11.1 Å². The van der Waals surface area contributed by atoms with Gasteiger partial charge in [-0.2, -0.15) is 0 Å². The van der Waals surface area contributed by atoms with Crippen molar-refractivity contribution < 1.29 is 28.9 Å². The molecule has 220 valence electrons. The molecule has 0 radical (unpaired) electrons. The van der Waals surface area contributed by atoms with E-state index in [0.29, 0.717) is 46.2 Å². The molecule has 2 amide bonds. The Morgan fingerprint density at radius 1 is 0.905 bits per heavy atom. The monoisotopic (exact) mass is 572 g/mol. The molecule has 0 aliphatic carbocycles. The fourth-order valence-electron chi connectivity index (χ4n) is 6.25. The molecule has 0 fully saturated rings. The van der Waals surface area contributed by atoms with Crippen molar-refractivity contribution in [2.45, 2.75) is 71.8 Å². The Bertz CT molecular complexity index is 1560. The average molecular weight is 573 g/mol. The quantitative estimate of drug-likeness (QED) is 0.490. The number of nitrogens with zero attached hydrogens (tertiary/aromatic N) is 4. The number of aliphatic hydroxyl groups is 1. The van der Waals surface area contributed by atoms with Crippen LogP contribution in [0.2, 0.25) is 0 Å². The standard InChI is InChI=1S/C32H36N4O6/c1-17(2)36-25-12-29(28(40-6)10-23(25)31(38)35-15-19(4)8-26(35)32(36)39)42-16-41-27-11-24-22(9-20(27)5)30(37)34-14-18(3)7-21(34)13-33-24/h9-15,17,21,26,32,39H,7-8,16H2,1-6H3/t21-,26-,32?/m0/s1. The van der Waals surface area contributed by atoms with Crippen LogP contribution in [-0.4, -0.2) is 71.2 Å². The van der Waals surface area contributed by atoms with Crippen LogP contribution in [0.4, 0.5) is 11.4 Å². The SMILES string of the molecule is COc1cc2c(cc1OCOc1cc3c(cc1C)C(=O)N1C=C(C)C[C@H]1C=N3)N(C(C)C)C(O)[C@@H]1CC(C)=CN1C2=O. The van der Waals surface area contributed by atoms with Gasteiger partial charge in [0.05, 0.1) is 41.7 Å². The maximum Gasteiger partial charge on any atom is 0.260 e. The molecule has 2 aromatic carbocycles. The molecule has 0 spiro atoms. The molecule has 1 unspecified atom stereocenters. The lowest BCUT2D eigenvalue weighted by Crippen LogP contribution is -2.50. The van der Waals surface area contributed by atoms with Crippen LogP contribution in [0.5, 0.6) is 17.2 Å². The molecule has 0 aromatic heterocycles. The molecule has 42 heavy (non-hydrogen) atoms. The largest absolute Gasteiger partial charge is 0.493 e. The van der Waals surface area contributed by atoms with Crippen LogP contribution in [0.1, 0.15) is 66.8 Å². The summed E-state index contributed by atoms with van der Waals surface area (Å²) in [5, 5.41) is 11.4. The van der Waals surface area contributed by atoms with Crippen molar-refractivity contribution in [3.8, 4) is 17.2 Å². The number of carbonyl (C=O) groups is 2. The molecule has 3 atom stereocenters. The van der Waals surface area contributed by atoms with E-state index in [-0.39, 0.29) is 36.7 Å². The number of aliphatic imine (C=N–C) groups is 1. The van der Waals surface area contributed by atoms with Crippen molar-refractivity contribution in [1.29, 1.82) is 0 Å². The molecule has 0 saturated carbocycles. The summed E-state index contributed by atoms with van der Waals surface area (Å²) in [5.74, 6) is 1.01. The van der Waals surface area contributed by atoms with Gasteiger partial charge in [0, 0.05) is 36.8 Å². The van der Waals surface area contributed by atoms with Gasteiger partial charge in [-0.25, -0.2) is 0 Å². The van der Waals surface area contributed by atoms with E-state index in [1.165, 1.54) is 7.11 Å². The number of fused-ring (bicyclic) bond motifs is 4. The maximum atomic E-state index is 13.6. The van der Waals surface area contributed by atoms with E-state index < -0.39 is 6.23 Å². The van der Waals surface area contributed by atoms with Gasteiger partial charge in [-0.05, 0) is 65.2 Å². The van der Waals surface area contributed by atoms with Gasteiger partial charge >= 0.3 is 0 Å². The van der Waals surface area contributed by atoms with Crippen molar-refractivity contribution in [3.63, 3.8) is 0 Å². The predicted octanol–water partition coefficient (Wildman–Crippen LogP) is 4.92. The molecule has 1 N–H and O–H groups in total. The third-order valence-corrected chi connectivity index (χ3v) is 8.28. The molecule has 4 aliphatic heterocycles. The molecule has 6 rings (SSSR count). The van der Waals surface area contributed by atoms with Gasteiger partial charge in [0.15, 0.2) is 11.5 Å². The summed E-state index contributed by atoms with van der Waals surface area (Å²) in [7, 11) is 1.52. The zero-order valence-corrected chi connectivity index (χ0v) is 24.7. The summed E-state index contributed by atoms with van der Waals surface area (Å²) in [6.07, 6.45) is 5.99. The first-order valence-corrected chi connectivity index (χ1v) is 14.2. The predicted molar refractivity (Wildman–Crippen MR) is 159 cm³/mol. The fraction of sp³-hybridized carbons (Fsp3) is 0.406. The van der Waals surface area contributed by atoms with E-state index in [4.69, 9.17) is 14.2 Å². The molecule has 0 bridgehead atoms. The number of hydrogen-bond donors (Lipinski definition) is 1. The minimum Gasteiger partial charge on any atom is -0.493 e. The lowest BCUT2D eigenvalue weighted by atomic mass is 10.1. The Morgan fingerprint density at radius 3 is 2.33 bits per heavy atom. The molecule has 4 heterocycles. The van der Waals surface area contributed by atoms with Crippen molar-refractivity contribution in [1.82, 2.24) is 9.80 Å². The topological polar surface area (TPSA) is 104 Å². The number of methoxy groups -OCH3 is 1. The minimum absolute atomic E-state index is 0.0780. The number of carbonyl (C=O) groups excluding carboxylic acids is 2. The number of ether oxygens (including phenoxy) is 3. The highest BCUT2D eigenvalue weighted by molar-refractivity contribution is 6.04. The first-order chi connectivity index (χ1) is 20.1. The maximum absolute atomic E-state index is 13.6. The van der Waals surface area contributed by atoms with Gasteiger partial charge in [0.25, 0.3) is 11.8 Å². The molecular formula is C32H36N4O6. The van der Waals surface area contributed by atoms with E-state index >= 15 is 0 Å². The van der Waals surface area contributed by atoms with Gasteiger partial charge in [0.2, 0.25) is 6.79 Å². The number of aryl methyl sites for hydroxylation is 1. The average Bonchev–Trinajstić information content (AvgIpc) is 3.48. The van der Waals surface area contributed by atoms with Crippen LogP contribution in [-0.2, 0) is 0 Å². The highest BCUT2D eigenvalue weighted by Gasteiger charge is 2.43. The van der Waals surface area contributed by atoms with Gasteiger partial charge in [-0.15, -0.1) is 0 Å². The van der Waals surface area contributed by atoms with Crippen LogP contribution in [0.3, 0.4) is 0 Å². The number of anilines is 1. The van der Waals surface area contributed by atoms with Gasteiger partial charge in [-0.3, -0.25) is 14.6 Å². The summed E-state index contributed by atoms with van der Waals surface area (Å²) in [6.45, 7) is 9.65. The lowest BCUT2D eigenvalue weighted by Gasteiger charge is -2.36. The summed E-state index contributed by atoms with van der Waals surface area (Å²) in [5.41, 5.74) is 5.03. The highest BCUT2D eigenvalue weighted by Crippen LogP contribution is 2.42. The smallest absolute Gasteiger partial charge is 0.260 e. The lowest BCUT2D eigenvalue weighted by molar-refractivity contribution is 0.0560. The minimum atomic E-state index is -0.901. The second kappa shape index (κ2) is 10.5. The molecule has 10 nitrogen and oxygen atoms in total. The third-order valence-electron chi connectivity index (χ3n) is 8.28. The summed E-state index contributed by atoms with van der Waals surface area (Å²) >= 11 is 0. The summed E-state index contributed by atoms with van der Waals surface area (Å²) in [4.78, 5) is 36.6. The number of aliphatic hydroxyl groups excluding tert-OH is 1. The van der Waals surface area contributed by atoms with Crippen LogP contribution in [0.15, 0.2) is 52.8 Å². The van der Waals surface area contributed by atoms with Crippen LogP contribution in [0, 0.1) is 6.92 Å². The second-order valence-corrected chi connectivity index (χ2v) is 11.7. The van der Waals surface area contributed by atoms with E-state index in [1.54, 1.807) is 34.1 Å². The highest BCUT2D eigenvalue weighted by atomic mass is 16.7. The van der Waals surface area contributed by atoms with Crippen molar-refractivity contribution in [2.24, 2.45) is 4.99 Å². The number of rotatable bonds is 6.